The summed E-state index contributed by atoms with van der Waals surface area (Å²) in [5.74, 6) is 1.26. The fourth-order valence-corrected chi connectivity index (χ4v) is 5.87. The van der Waals surface area contributed by atoms with Gasteiger partial charge in [0.1, 0.15) is 26.0 Å². The van der Waals surface area contributed by atoms with Gasteiger partial charge >= 0.3 is 0 Å². The topological polar surface area (TPSA) is 139 Å². The van der Waals surface area contributed by atoms with Gasteiger partial charge in [0.2, 0.25) is 0 Å². The second kappa shape index (κ2) is 15.3. The molecule has 0 spiro atoms. The molecule has 0 aliphatic rings. The van der Waals surface area contributed by atoms with Crippen molar-refractivity contribution in [3.8, 4) is 54.7 Å². The summed E-state index contributed by atoms with van der Waals surface area (Å²) in [6.45, 7) is 0. The molecule has 8 aromatic rings. The molecule has 0 bridgehead atoms. The van der Waals surface area contributed by atoms with E-state index in [1.54, 1.807) is 75.2 Å². The highest BCUT2D eigenvalue weighted by Crippen LogP contribution is 2.31. The van der Waals surface area contributed by atoms with Gasteiger partial charge in [0, 0.05) is 80.2 Å². The largest absolute Gasteiger partial charge is 0.275 e. The van der Waals surface area contributed by atoms with Gasteiger partial charge in [0.15, 0.2) is 11.6 Å². The zero-order valence-electron chi connectivity index (χ0n) is 25.0. The van der Waals surface area contributed by atoms with Gasteiger partial charge in [-0.2, -0.15) is 10.2 Å². The van der Waals surface area contributed by atoms with Gasteiger partial charge in [-0.15, -0.1) is 22.7 Å². The first-order valence-electron chi connectivity index (χ1n) is 14.0. The van der Waals surface area contributed by atoms with Crippen LogP contribution in [-0.4, -0.2) is 59.4 Å². The van der Waals surface area contributed by atoms with E-state index < -0.39 is 0 Å². The number of aromatic nitrogens is 12. The molecule has 0 aliphatic carbocycles. The summed E-state index contributed by atoms with van der Waals surface area (Å²) in [5.41, 5.74) is 4.48. The molecule has 0 aromatic carbocycles. The minimum Gasteiger partial charge on any atom is -0.275 e. The number of thiazole rings is 2. The van der Waals surface area contributed by atoms with Crippen molar-refractivity contribution in [1.29, 1.82) is 0 Å². The van der Waals surface area contributed by atoms with Gasteiger partial charge in [-0.05, 0) is 52.3 Å². The van der Waals surface area contributed by atoms with Crippen LogP contribution in [0.1, 0.15) is 0 Å². The first-order valence-corrected chi connectivity index (χ1v) is 16.5. The van der Waals surface area contributed by atoms with E-state index in [0.29, 0.717) is 11.6 Å². The summed E-state index contributed by atoms with van der Waals surface area (Å²) in [7, 11) is 3.79. The van der Waals surface area contributed by atoms with Crippen LogP contribution >= 0.6 is 38.6 Å². The number of rotatable bonds is 5. The minimum absolute atomic E-state index is 0.617. The molecule has 0 aliphatic heterocycles. The van der Waals surface area contributed by atoms with Crippen molar-refractivity contribution >= 4 is 38.6 Å². The van der Waals surface area contributed by atoms with Crippen LogP contribution in [0.25, 0.3) is 54.7 Å². The Bertz CT molecular complexity index is 2150. The third kappa shape index (κ3) is 8.46. The highest BCUT2D eigenvalue weighted by Gasteiger charge is 2.11. The molecule has 232 valence electrons. The Labute approximate surface area is 286 Å². The molecule has 8 rings (SSSR count). The summed E-state index contributed by atoms with van der Waals surface area (Å²) >= 11 is 6.51. The smallest absolute Gasteiger partial charge is 0.178 e. The van der Waals surface area contributed by atoms with Crippen LogP contribution in [-0.2, 0) is 14.1 Å². The fourth-order valence-electron chi connectivity index (χ4n) is 4.05. The average molecular weight is 722 g/mol. The molecule has 15 heteroatoms. The normalized spacial score (nSPS) is 10.4. The van der Waals surface area contributed by atoms with Gasteiger partial charge in [0.25, 0.3) is 0 Å². The predicted molar refractivity (Wildman–Crippen MR) is 186 cm³/mol. The van der Waals surface area contributed by atoms with E-state index in [0.717, 1.165) is 47.7 Å². The Balaban J connectivity index is 0.000000136. The molecular formula is C32H25BrN12S2. The molecule has 12 nitrogen and oxygen atoms in total. The molecule has 0 saturated carbocycles. The van der Waals surface area contributed by atoms with Gasteiger partial charge < -0.3 is 0 Å². The molecule has 0 saturated heterocycles. The second-order valence-corrected chi connectivity index (χ2v) is 12.3. The highest BCUT2D eigenvalue weighted by molar-refractivity contribution is 9.10. The molecule has 0 unspecified atom stereocenters. The predicted octanol–water partition coefficient (Wildman–Crippen LogP) is 6.91. The zero-order valence-corrected chi connectivity index (χ0v) is 28.2. The number of aryl methyl sites for hydroxylation is 2. The Morgan fingerprint density at radius 2 is 1.15 bits per heavy atom. The van der Waals surface area contributed by atoms with E-state index in [9.17, 15) is 0 Å². The zero-order chi connectivity index (χ0) is 32.4. The van der Waals surface area contributed by atoms with E-state index in [1.165, 1.54) is 0 Å². The quantitative estimate of drug-likeness (QED) is 0.172. The van der Waals surface area contributed by atoms with Crippen molar-refractivity contribution in [3.05, 3.63) is 120 Å². The second-order valence-electron chi connectivity index (χ2n) is 9.57. The third-order valence-corrected chi connectivity index (χ3v) is 8.48. The van der Waals surface area contributed by atoms with Crippen LogP contribution < -0.4 is 0 Å². The minimum atomic E-state index is 0.617. The maximum Gasteiger partial charge on any atom is 0.178 e. The molecule has 0 N–H and O–H groups in total. The van der Waals surface area contributed by atoms with E-state index in [-0.39, 0.29) is 0 Å². The molecule has 8 heterocycles. The maximum absolute atomic E-state index is 4.65. The Hall–Kier alpha value is -5.38. The van der Waals surface area contributed by atoms with Crippen molar-refractivity contribution in [2.24, 2.45) is 14.1 Å². The van der Waals surface area contributed by atoms with Crippen LogP contribution in [0.5, 0.6) is 0 Å². The first-order chi connectivity index (χ1) is 23.0. The molecular weight excluding hydrogens is 696 g/mol. The van der Waals surface area contributed by atoms with Crippen molar-refractivity contribution in [3.63, 3.8) is 0 Å². The Morgan fingerprint density at radius 3 is 1.70 bits per heavy atom. The van der Waals surface area contributed by atoms with Gasteiger partial charge in [0.05, 0.1) is 23.0 Å². The lowest BCUT2D eigenvalue weighted by Gasteiger charge is -2.01. The van der Waals surface area contributed by atoms with Crippen LogP contribution in [0.15, 0.2) is 120 Å². The maximum atomic E-state index is 4.65. The van der Waals surface area contributed by atoms with Crippen molar-refractivity contribution < 1.29 is 0 Å². The lowest BCUT2D eigenvalue weighted by molar-refractivity contribution is 0.768. The standard InChI is InChI=1S/C16H12N6S.C9H6BrN3.C7H7N3S/c1-22-10-11(8-20-22)16-19-9-14(23-16)12-4-2-5-13(21-12)15-17-6-3-7-18-15;10-8-4-1-3-7(13-8)9-11-5-2-6-12-9;1-10-5-6(4-9-10)7-8-2-3-11-7/h2-10H,1H3;1-6H;2-5H,1H3. The summed E-state index contributed by atoms with van der Waals surface area (Å²) in [5, 5.41) is 12.1. The lowest BCUT2D eigenvalue weighted by atomic mass is 10.2. The molecule has 0 atom stereocenters. The lowest BCUT2D eigenvalue weighted by Crippen LogP contribution is -1.91. The number of nitrogens with zero attached hydrogens (tertiary/aromatic N) is 12. The van der Waals surface area contributed by atoms with E-state index in [4.69, 9.17) is 0 Å². The van der Waals surface area contributed by atoms with Crippen molar-refractivity contribution in [2.45, 2.75) is 0 Å². The summed E-state index contributed by atoms with van der Waals surface area (Å²) in [6.07, 6.45) is 18.0. The fraction of sp³-hybridized carbons (Fsp3) is 0.0625. The summed E-state index contributed by atoms with van der Waals surface area (Å²) in [4.78, 5) is 35.2. The molecule has 0 radical (unpaired) electrons. The molecule has 0 fully saturated rings. The van der Waals surface area contributed by atoms with E-state index in [2.05, 4.69) is 66.0 Å². The molecule has 8 aromatic heterocycles. The average Bonchev–Trinajstić information content (AvgIpc) is 3.95. The Morgan fingerprint density at radius 1 is 0.574 bits per heavy atom. The van der Waals surface area contributed by atoms with Crippen LogP contribution in [0.4, 0.5) is 0 Å². The van der Waals surface area contributed by atoms with Crippen LogP contribution in [0.3, 0.4) is 0 Å². The highest BCUT2D eigenvalue weighted by atomic mass is 79.9. The van der Waals surface area contributed by atoms with E-state index in [1.807, 2.05) is 86.9 Å². The van der Waals surface area contributed by atoms with Crippen molar-refractivity contribution in [1.82, 2.24) is 59.4 Å². The molecule has 47 heavy (non-hydrogen) atoms. The van der Waals surface area contributed by atoms with Gasteiger partial charge in [-0.3, -0.25) is 9.36 Å². The van der Waals surface area contributed by atoms with Crippen molar-refractivity contribution in [2.75, 3.05) is 0 Å². The number of pyridine rings is 2. The summed E-state index contributed by atoms with van der Waals surface area (Å²) < 4.78 is 4.33. The van der Waals surface area contributed by atoms with Crippen LogP contribution in [0.2, 0.25) is 0 Å². The third-order valence-electron chi connectivity index (χ3n) is 6.15. The van der Waals surface area contributed by atoms with E-state index >= 15 is 0 Å². The summed E-state index contributed by atoms with van der Waals surface area (Å²) in [6, 6.07) is 15.0. The SMILES string of the molecule is Brc1cccc(-c2ncccn2)n1.Cn1cc(-c2ncc(-c3cccc(-c4ncccn4)n3)s2)cn1.Cn1cc(-c2nccs2)cn1. The van der Waals surface area contributed by atoms with Gasteiger partial charge in [-0.25, -0.2) is 39.9 Å². The Kier molecular flexibility index (Phi) is 10.3. The van der Waals surface area contributed by atoms with Gasteiger partial charge in [-0.1, -0.05) is 12.1 Å². The monoisotopic (exact) mass is 720 g/mol. The first kappa shape index (κ1) is 31.6. The number of hydrogen-bond donors (Lipinski definition) is 0. The number of hydrogen-bond acceptors (Lipinski definition) is 12. The molecule has 0 amide bonds. The number of halogens is 1. The van der Waals surface area contributed by atoms with Crippen LogP contribution in [0, 0.1) is 0 Å².